The van der Waals surface area contributed by atoms with Gasteiger partial charge in [0.1, 0.15) is 0 Å². The van der Waals surface area contributed by atoms with Crippen LogP contribution < -0.4 is 5.32 Å². The summed E-state index contributed by atoms with van der Waals surface area (Å²) in [7, 11) is 0. The Hall–Kier alpha value is -2.95. The number of carbonyl (C=O) groups excluding carboxylic acids is 2. The minimum atomic E-state index is -0.416. The lowest BCUT2D eigenvalue weighted by Crippen LogP contribution is -2.28. The second kappa shape index (κ2) is 5.81. The van der Waals surface area contributed by atoms with Crippen molar-refractivity contribution >= 4 is 28.9 Å². The van der Waals surface area contributed by atoms with Crippen LogP contribution in [0.15, 0.2) is 59.7 Å². The third-order valence-corrected chi connectivity index (χ3v) is 3.32. The van der Waals surface area contributed by atoms with E-state index in [0.717, 1.165) is 10.7 Å². The molecule has 0 saturated carbocycles. The van der Waals surface area contributed by atoms with Gasteiger partial charge < -0.3 is 5.32 Å². The smallest absolute Gasteiger partial charge is 0.283 e. The number of hydrogen-bond acceptors (Lipinski definition) is 4. The maximum absolute atomic E-state index is 12.6. The summed E-state index contributed by atoms with van der Waals surface area (Å²) in [6.45, 7) is 1.74. The monoisotopic (exact) mass is 293 g/mol. The first-order chi connectivity index (χ1) is 10.6. The molecule has 110 valence electrons. The molecule has 0 atom stereocenters. The summed E-state index contributed by atoms with van der Waals surface area (Å²) >= 11 is 0. The lowest BCUT2D eigenvalue weighted by molar-refractivity contribution is -0.126. The number of imide groups is 1. The van der Waals surface area contributed by atoms with E-state index in [2.05, 4.69) is 10.4 Å². The topological polar surface area (TPSA) is 61.8 Å². The normalized spacial score (nSPS) is 14.0. The van der Waals surface area contributed by atoms with Crippen molar-refractivity contribution in [3.05, 3.63) is 60.2 Å². The van der Waals surface area contributed by atoms with Gasteiger partial charge in [0.25, 0.3) is 11.8 Å². The third-order valence-electron chi connectivity index (χ3n) is 3.32. The van der Waals surface area contributed by atoms with Crippen LogP contribution in [-0.4, -0.2) is 22.5 Å². The summed E-state index contributed by atoms with van der Waals surface area (Å²) in [5.41, 5.74) is 2.58. The third kappa shape index (κ3) is 2.74. The second-order valence-electron chi connectivity index (χ2n) is 5.06. The van der Waals surface area contributed by atoms with Gasteiger partial charge >= 0.3 is 0 Å². The van der Waals surface area contributed by atoms with Crippen molar-refractivity contribution in [3.8, 4) is 0 Å². The van der Waals surface area contributed by atoms with Gasteiger partial charge in [-0.3, -0.25) is 9.59 Å². The molecule has 3 rings (SSSR count). The fourth-order valence-corrected chi connectivity index (χ4v) is 2.28. The summed E-state index contributed by atoms with van der Waals surface area (Å²) in [4.78, 5) is 24.4. The Kier molecular flexibility index (Phi) is 3.70. The van der Waals surface area contributed by atoms with E-state index in [-0.39, 0.29) is 12.3 Å². The predicted octanol–water partition coefficient (Wildman–Crippen LogP) is 3.18. The molecule has 0 fully saturated rings. The van der Waals surface area contributed by atoms with E-state index in [9.17, 15) is 9.59 Å². The maximum Gasteiger partial charge on any atom is 0.283 e. The van der Waals surface area contributed by atoms with Crippen LogP contribution in [0.5, 0.6) is 0 Å². The number of nitrogens with one attached hydrogen (secondary N) is 1. The first kappa shape index (κ1) is 14.0. The molecule has 1 heterocycles. The first-order valence-electron chi connectivity index (χ1n) is 6.97. The molecule has 0 aromatic heterocycles. The highest BCUT2D eigenvalue weighted by Crippen LogP contribution is 2.23. The molecule has 0 radical (unpaired) electrons. The van der Waals surface area contributed by atoms with Gasteiger partial charge in [0.05, 0.1) is 17.7 Å². The van der Waals surface area contributed by atoms with Gasteiger partial charge in [-0.15, -0.1) is 0 Å². The number of rotatable bonds is 3. The Bertz CT molecular complexity index is 754. The van der Waals surface area contributed by atoms with E-state index in [0.29, 0.717) is 17.0 Å². The largest absolute Gasteiger partial charge is 0.355 e. The van der Waals surface area contributed by atoms with Gasteiger partial charge in [-0.25, -0.2) is 0 Å². The molecule has 0 saturated heterocycles. The molecule has 5 heteroatoms. The number of benzene rings is 2. The van der Waals surface area contributed by atoms with E-state index in [1.165, 1.54) is 0 Å². The average molecular weight is 293 g/mol. The lowest BCUT2D eigenvalue weighted by Gasteiger charge is -2.14. The van der Waals surface area contributed by atoms with Crippen LogP contribution in [0.25, 0.3) is 0 Å². The first-order valence-corrected chi connectivity index (χ1v) is 6.97. The maximum atomic E-state index is 12.6. The SMILES string of the molecule is CC1=NN(C(=O)c2ccccc2Nc2ccccc2)C(=O)C1. The number of carbonyl (C=O) groups is 2. The highest BCUT2D eigenvalue weighted by atomic mass is 16.2. The second-order valence-corrected chi connectivity index (χ2v) is 5.06. The number of nitrogens with zero attached hydrogens (tertiary/aromatic N) is 2. The van der Waals surface area contributed by atoms with Crippen LogP contribution in [0.1, 0.15) is 23.7 Å². The van der Waals surface area contributed by atoms with Crippen molar-refractivity contribution in [3.63, 3.8) is 0 Å². The zero-order chi connectivity index (χ0) is 15.5. The highest BCUT2D eigenvalue weighted by Gasteiger charge is 2.29. The van der Waals surface area contributed by atoms with Gasteiger partial charge in [0.15, 0.2) is 0 Å². The van der Waals surface area contributed by atoms with Crippen LogP contribution in [0.3, 0.4) is 0 Å². The molecule has 0 spiro atoms. The summed E-state index contributed by atoms with van der Waals surface area (Å²) in [6, 6.07) is 16.6. The van der Waals surface area contributed by atoms with E-state index in [1.54, 1.807) is 25.1 Å². The molecule has 22 heavy (non-hydrogen) atoms. The van der Waals surface area contributed by atoms with Gasteiger partial charge in [0, 0.05) is 11.4 Å². The summed E-state index contributed by atoms with van der Waals surface area (Å²) in [6.07, 6.45) is 0.194. The molecule has 0 aliphatic carbocycles. The van der Waals surface area contributed by atoms with Crippen molar-refractivity contribution in [2.75, 3.05) is 5.32 Å². The van der Waals surface area contributed by atoms with Crippen LogP contribution >= 0.6 is 0 Å². The molecular weight excluding hydrogens is 278 g/mol. The molecule has 2 aromatic rings. The van der Waals surface area contributed by atoms with Crippen molar-refractivity contribution in [2.24, 2.45) is 5.10 Å². The van der Waals surface area contributed by atoms with Crippen molar-refractivity contribution in [1.82, 2.24) is 5.01 Å². The molecule has 1 aliphatic rings. The molecule has 1 aliphatic heterocycles. The minimum Gasteiger partial charge on any atom is -0.355 e. The van der Waals surface area contributed by atoms with Crippen molar-refractivity contribution in [1.29, 1.82) is 0 Å². The Morgan fingerprint density at radius 1 is 1.09 bits per heavy atom. The molecule has 2 aromatic carbocycles. The highest BCUT2D eigenvalue weighted by molar-refractivity contribution is 6.15. The van der Waals surface area contributed by atoms with Crippen molar-refractivity contribution < 1.29 is 9.59 Å². The van der Waals surface area contributed by atoms with Gasteiger partial charge in [-0.05, 0) is 31.2 Å². The Morgan fingerprint density at radius 3 is 2.45 bits per heavy atom. The predicted molar refractivity (Wildman–Crippen MR) is 85.1 cm³/mol. The number of hydrazone groups is 1. The van der Waals surface area contributed by atoms with Crippen LogP contribution in [0, 0.1) is 0 Å². The van der Waals surface area contributed by atoms with Gasteiger partial charge in [-0.2, -0.15) is 10.1 Å². The molecule has 0 unspecified atom stereocenters. The van der Waals surface area contributed by atoms with E-state index >= 15 is 0 Å². The van der Waals surface area contributed by atoms with Crippen molar-refractivity contribution in [2.45, 2.75) is 13.3 Å². The summed E-state index contributed by atoms with van der Waals surface area (Å²) < 4.78 is 0. The molecular formula is C17H15N3O2. The quantitative estimate of drug-likeness (QED) is 0.884. The van der Waals surface area contributed by atoms with Gasteiger partial charge in [0.2, 0.25) is 0 Å². The Morgan fingerprint density at radius 2 is 1.77 bits per heavy atom. The Balaban J connectivity index is 1.91. The molecule has 1 N–H and O–H groups in total. The molecule has 5 nitrogen and oxygen atoms in total. The fraction of sp³-hybridized carbons (Fsp3) is 0.118. The van der Waals surface area contributed by atoms with Crippen LogP contribution in [-0.2, 0) is 4.79 Å². The summed E-state index contributed by atoms with van der Waals surface area (Å²) in [5, 5.41) is 8.16. The fourth-order valence-electron chi connectivity index (χ4n) is 2.28. The van der Waals surface area contributed by atoms with Gasteiger partial charge in [-0.1, -0.05) is 30.3 Å². The average Bonchev–Trinajstić information content (AvgIpc) is 2.87. The van der Waals surface area contributed by atoms with E-state index < -0.39 is 5.91 Å². The van der Waals surface area contributed by atoms with Crippen LogP contribution in [0.4, 0.5) is 11.4 Å². The number of hydrogen-bond donors (Lipinski definition) is 1. The van der Waals surface area contributed by atoms with Crippen LogP contribution in [0.2, 0.25) is 0 Å². The zero-order valence-electron chi connectivity index (χ0n) is 12.1. The Labute approximate surface area is 128 Å². The molecule has 2 amide bonds. The number of anilines is 2. The number of para-hydroxylation sites is 2. The van der Waals surface area contributed by atoms with E-state index in [1.807, 2.05) is 36.4 Å². The lowest BCUT2D eigenvalue weighted by atomic mass is 10.1. The zero-order valence-corrected chi connectivity index (χ0v) is 12.1. The minimum absolute atomic E-state index is 0.194. The van der Waals surface area contributed by atoms with E-state index in [4.69, 9.17) is 0 Å². The summed E-state index contributed by atoms with van der Waals surface area (Å²) in [5.74, 6) is -0.710. The molecule has 0 bridgehead atoms. The standard InChI is InChI=1S/C17H15N3O2/c1-12-11-16(21)20(19-12)17(22)14-9-5-6-10-15(14)18-13-7-3-2-4-8-13/h2-10,18H,11H2,1H3. The number of amides is 2.